The number of carbonyl (C=O) groups is 1. The summed E-state index contributed by atoms with van der Waals surface area (Å²) in [5.74, 6) is 0.359. The van der Waals surface area contributed by atoms with Gasteiger partial charge in [-0.2, -0.15) is 18.3 Å². The van der Waals surface area contributed by atoms with E-state index in [0.717, 1.165) is 12.1 Å². The number of benzene rings is 1. The van der Waals surface area contributed by atoms with Gasteiger partial charge < -0.3 is 9.84 Å². The van der Waals surface area contributed by atoms with Gasteiger partial charge in [0.15, 0.2) is 0 Å². The van der Waals surface area contributed by atoms with E-state index in [1.807, 2.05) is 0 Å². The normalized spacial score (nSPS) is 17.2. The zero-order valence-electron chi connectivity index (χ0n) is 16.5. The zero-order valence-corrected chi connectivity index (χ0v) is 16.5. The average molecular weight is 411 g/mol. The van der Waals surface area contributed by atoms with Crippen LogP contribution >= 0.6 is 0 Å². The summed E-state index contributed by atoms with van der Waals surface area (Å²) in [5, 5.41) is 13.9. The topological polar surface area (TPSA) is 67.6 Å². The number of fused-ring (bicyclic) bond motifs is 1. The van der Waals surface area contributed by atoms with Crippen LogP contribution in [0.1, 0.15) is 37.5 Å². The van der Waals surface area contributed by atoms with E-state index in [9.17, 15) is 23.1 Å². The summed E-state index contributed by atoms with van der Waals surface area (Å²) in [7, 11) is 0. The number of nitrogens with zero attached hydrogens (tertiary/aromatic N) is 3. The molecule has 3 rings (SSSR count). The van der Waals surface area contributed by atoms with Crippen molar-refractivity contribution < 1.29 is 27.8 Å². The molecule has 0 saturated heterocycles. The van der Waals surface area contributed by atoms with Crippen molar-refractivity contribution >= 4 is 11.9 Å². The Bertz CT molecular complexity index is 870. The summed E-state index contributed by atoms with van der Waals surface area (Å²) in [6.07, 6.45) is -3.02. The van der Waals surface area contributed by atoms with Crippen LogP contribution in [0.5, 0.6) is 0 Å². The number of rotatable bonds is 3. The van der Waals surface area contributed by atoms with Crippen molar-refractivity contribution in [1.29, 1.82) is 0 Å². The molecular formula is C20H24F3N3O3. The van der Waals surface area contributed by atoms with Crippen molar-refractivity contribution in [3.8, 4) is 0 Å². The van der Waals surface area contributed by atoms with Gasteiger partial charge in [0.1, 0.15) is 11.4 Å². The van der Waals surface area contributed by atoms with E-state index in [1.54, 1.807) is 31.6 Å². The minimum absolute atomic E-state index is 0.104. The van der Waals surface area contributed by atoms with E-state index in [-0.39, 0.29) is 19.1 Å². The van der Waals surface area contributed by atoms with Crippen LogP contribution in [0, 0.1) is 5.92 Å². The summed E-state index contributed by atoms with van der Waals surface area (Å²) in [5.41, 5.74) is -0.0320. The predicted molar refractivity (Wildman–Crippen MR) is 101 cm³/mol. The van der Waals surface area contributed by atoms with Crippen LogP contribution in [0.4, 0.5) is 23.8 Å². The van der Waals surface area contributed by atoms with Gasteiger partial charge in [-0.3, -0.25) is 4.90 Å². The largest absolute Gasteiger partial charge is 0.443 e. The second-order valence-corrected chi connectivity index (χ2v) is 8.19. The van der Waals surface area contributed by atoms with Crippen molar-refractivity contribution in [1.82, 2.24) is 9.78 Å². The highest BCUT2D eigenvalue weighted by Crippen LogP contribution is 2.32. The lowest BCUT2D eigenvalue weighted by molar-refractivity contribution is -0.137. The molecule has 1 aromatic heterocycles. The first kappa shape index (κ1) is 21.2. The molecule has 1 amide bonds. The molecular weight excluding hydrogens is 387 g/mol. The molecule has 0 radical (unpaired) electrons. The molecule has 9 heteroatoms. The van der Waals surface area contributed by atoms with Crippen LogP contribution in [0.2, 0.25) is 0 Å². The first-order valence-corrected chi connectivity index (χ1v) is 9.30. The van der Waals surface area contributed by atoms with Crippen LogP contribution in [0.15, 0.2) is 30.5 Å². The fourth-order valence-electron chi connectivity index (χ4n) is 3.26. The highest BCUT2D eigenvalue weighted by Gasteiger charge is 2.34. The standard InChI is InChI=1S/C20H24F3N3O3/c1-19(2,3)29-18(28)25-10-14(12-27)11-26-17(25)15(9-24-26)8-13-4-6-16(7-5-13)20(21,22)23/h4-7,9,14,27H,8,10-12H2,1-3H3. The Kier molecular flexibility index (Phi) is 5.62. The van der Waals surface area contributed by atoms with Crippen molar-refractivity contribution in [3.05, 3.63) is 47.2 Å². The van der Waals surface area contributed by atoms with Gasteiger partial charge in [0.2, 0.25) is 0 Å². The van der Waals surface area contributed by atoms with Gasteiger partial charge in [0.05, 0.1) is 11.8 Å². The number of ether oxygens (including phenoxy) is 1. The smallest absolute Gasteiger partial charge is 0.416 e. The molecule has 29 heavy (non-hydrogen) atoms. The van der Waals surface area contributed by atoms with Crippen LogP contribution in [0.25, 0.3) is 0 Å². The molecule has 1 aliphatic rings. The second kappa shape index (κ2) is 7.70. The molecule has 1 aliphatic heterocycles. The number of carbonyl (C=O) groups excluding carboxylic acids is 1. The number of aliphatic hydroxyl groups is 1. The molecule has 0 bridgehead atoms. The van der Waals surface area contributed by atoms with Crippen LogP contribution < -0.4 is 4.90 Å². The van der Waals surface area contributed by atoms with Gasteiger partial charge in [-0.1, -0.05) is 12.1 Å². The first-order valence-electron chi connectivity index (χ1n) is 9.30. The molecule has 1 N–H and O–H groups in total. The SMILES string of the molecule is CC(C)(C)OC(=O)N1CC(CO)Cn2ncc(Cc3ccc(C(F)(F)F)cc3)c21. The Morgan fingerprint density at radius 3 is 2.41 bits per heavy atom. The highest BCUT2D eigenvalue weighted by atomic mass is 19.4. The van der Waals surface area contributed by atoms with Gasteiger partial charge in [0.25, 0.3) is 0 Å². The molecule has 2 aromatic rings. The van der Waals surface area contributed by atoms with Gasteiger partial charge in [-0.25, -0.2) is 9.48 Å². The van der Waals surface area contributed by atoms with Crippen molar-refractivity contribution in [2.45, 2.75) is 45.5 Å². The third-order valence-electron chi connectivity index (χ3n) is 4.56. The van der Waals surface area contributed by atoms with Crippen LogP contribution in [-0.4, -0.2) is 39.7 Å². The van der Waals surface area contributed by atoms with E-state index >= 15 is 0 Å². The predicted octanol–water partition coefficient (Wildman–Crippen LogP) is 3.86. The molecule has 0 fully saturated rings. The minimum atomic E-state index is -4.39. The number of aliphatic hydroxyl groups excluding tert-OH is 1. The maximum atomic E-state index is 12.8. The Hall–Kier alpha value is -2.55. The fourth-order valence-corrected chi connectivity index (χ4v) is 3.26. The Balaban J connectivity index is 1.89. The molecule has 0 saturated carbocycles. The zero-order chi connectivity index (χ0) is 21.4. The lowest BCUT2D eigenvalue weighted by Gasteiger charge is -2.34. The molecule has 1 atom stereocenters. The Morgan fingerprint density at radius 2 is 1.86 bits per heavy atom. The number of hydrogen-bond donors (Lipinski definition) is 1. The molecule has 1 aromatic carbocycles. The molecule has 6 nitrogen and oxygen atoms in total. The van der Waals surface area contributed by atoms with E-state index in [2.05, 4.69) is 5.10 Å². The second-order valence-electron chi connectivity index (χ2n) is 8.19. The van der Waals surface area contributed by atoms with Gasteiger partial charge in [-0.15, -0.1) is 0 Å². The van der Waals surface area contributed by atoms with E-state index in [1.165, 1.54) is 17.0 Å². The fraction of sp³-hybridized carbons (Fsp3) is 0.500. The van der Waals surface area contributed by atoms with E-state index < -0.39 is 23.4 Å². The van der Waals surface area contributed by atoms with Crippen LogP contribution in [0.3, 0.4) is 0 Å². The number of alkyl halides is 3. The Labute approximate surface area is 166 Å². The highest BCUT2D eigenvalue weighted by molar-refractivity contribution is 5.88. The van der Waals surface area contributed by atoms with Crippen LogP contribution in [-0.2, 0) is 23.9 Å². The summed E-state index contributed by atoms with van der Waals surface area (Å²) < 4.78 is 45.5. The van der Waals surface area contributed by atoms with Crippen molar-refractivity contribution in [3.63, 3.8) is 0 Å². The van der Waals surface area contributed by atoms with E-state index in [4.69, 9.17) is 4.74 Å². The molecule has 0 spiro atoms. The number of hydrogen-bond acceptors (Lipinski definition) is 4. The minimum Gasteiger partial charge on any atom is -0.443 e. The number of amides is 1. The third kappa shape index (κ3) is 4.90. The van der Waals surface area contributed by atoms with Gasteiger partial charge in [0, 0.05) is 37.6 Å². The number of aromatic nitrogens is 2. The summed E-state index contributed by atoms with van der Waals surface area (Å²) in [6.45, 7) is 5.90. The number of halogens is 3. The van der Waals surface area contributed by atoms with E-state index in [0.29, 0.717) is 29.9 Å². The maximum Gasteiger partial charge on any atom is 0.416 e. The number of anilines is 1. The molecule has 1 unspecified atom stereocenters. The molecule has 158 valence electrons. The van der Waals surface area contributed by atoms with Crippen molar-refractivity contribution in [2.24, 2.45) is 5.92 Å². The lowest BCUT2D eigenvalue weighted by Crippen LogP contribution is -2.46. The summed E-state index contributed by atoms with van der Waals surface area (Å²) in [6, 6.07) is 4.92. The molecule has 0 aliphatic carbocycles. The van der Waals surface area contributed by atoms with Gasteiger partial charge in [-0.05, 0) is 38.5 Å². The average Bonchev–Trinajstić information content (AvgIpc) is 3.02. The lowest BCUT2D eigenvalue weighted by atomic mass is 10.0. The third-order valence-corrected chi connectivity index (χ3v) is 4.56. The summed E-state index contributed by atoms with van der Waals surface area (Å²) >= 11 is 0. The monoisotopic (exact) mass is 411 g/mol. The molecule has 2 heterocycles. The van der Waals surface area contributed by atoms with Gasteiger partial charge >= 0.3 is 12.3 Å². The summed E-state index contributed by atoms with van der Waals surface area (Å²) in [4.78, 5) is 14.2. The quantitative estimate of drug-likeness (QED) is 0.833. The van der Waals surface area contributed by atoms with Crippen molar-refractivity contribution in [2.75, 3.05) is 18.1 Å². The first-order chi connectivity index (χ1) is 13.5. The Morgan fingerprint density at radius 1 is 1.21 bits per heavy atom. The maximum absolute atomic E-state index is 12.8.